The van der Waals surface area contributed by atoms with Gasteiger partial charge in [0, 0.05) is 32.2 Å². The van der Waals surface area contributed by atoms with Crippen LogP contribution in [0.3, 0.4) is 0 Å². The Morgan fingerprint density at radius 1 is 1.29 bits per heavy atom. The van der Waals surface area contributed by atoms with E-state index < -0.39 is 10.0 Å². The molecular formula is C14H23N3O3S. The van der Waals surface area contributed by atoms with E-state index in [0.29, 0.717) is 18.4 Å². The molecule has 1 fully saturated rings. The summed E-state index contributed by atoms with van der Waals surface area (Å²) >= 11 is 0. The molecule has 0 amide bonds. The number of nitrogens with zero attached hydrogens (tertiary/aromatic N) is 2. The summed E-state index contributed by atoms with van der Waals surface area (Å²) in [4.78, 5) is 4.83. The molecule has 2 N–H and O–H groups in total. The number of nitrogens with two attached hydrogens (primary N) is 1. The summed E-state index contributed by atoms with van der Waals surface area (Å²) in [5.41, 5.74) is 0. The molecule has 21 heavy (non-hydrogen) atoms. The zero-order valence-electron chi connectivity index (χ0n) is 12.5. The lowest BCUT2D eigenvalue weighted by Crippen LogP contribution is -2.51. The van der Waals surface area contributed by atoms with Crippen molar-refractivity contribution in [1.82, 2.24) is 9.80 Å². The molecule has 0 spiro atoms. The minimum absolute atomic E-state index is 0.0996. The minimum atomic E-state index is -3.64. The van der Waals surface area contributed by atoms with Crippen LogP contribution in [0.2, 0.25) is 0 Å². The molecular weight excluding hydrogens is 290 g/mol. The Labute approximate surface area is 126 Å². The average molecular weight is 313 g/mol. The van der Waals surface area contributed by atoms with Gasteiger partial charge in [-0.25, -0.2) is 13.6 Å². The molecule has 1 saturated heterocycles. The molecule has 0 saturated carbocycles. The van der Waals surface area contributed by atoms with Gasteiger partial charge in [0.2, 0.25) is 10.0 Å². The summed E-state index contributed by atoms with van der Waals surface area (Å²) in [5, 5.41) is 5.05. The fourth-order valence-corrected chi connectivity index (χ4v) is 3.03. The number of likely N-dealkylation sites (N-methyl/N-ethyl adjacent to an activating group) is 1. The Hall–Kier alpha value is -1.15. The van der Waals surface area contributed by atoms with Gasteiger partial charge in [0.15, 0.2) is 0 Å². The highest BCUT2D eigenvalue weighted by Crippen LogP contribution is 2.15. The highest BCUT2D eigenvalue weighted by Gasteiger charge is 2.20. The van der Waals surface area contributed by atoms with Crippen LogP contribution >= 0.6 is 0 Å². The molecule has 1 aromatic carbocycles. The topological polar surface area (TPSA) is 75.9 Å². The first-order valence-electron chi connectivity index (χ1n) is 7.04. The SMILES string of the molecule is CC1CN(C)CCN1CCOc1ccc(S(N)(=O)=O)cc1. The number of hydrogen-bond donors (Lipinski definition) is 1. The first-order valence-corrected chi connectivity index (χ1v) is 8.59. The Balaban J connectivity index is 1.81. The van der Waals surface area contributed by atoms with E-state index in [1.807, 2.05) is 0 Å². The van der Waals surface area contributed by atoms with Gasteiger partial charge in [-0.05, 0) is 38.2 Å². The molecule has 6 nitrogen and oxygen atoms in total. The van der Waals surface area contributed by atoms with E-state index in [4.69, 9.17) is 9.88 Å². The Kier molecular flexibility index (Phi) is 5.21. The van der Waals surface area contributed by atoms with Gasteiger partial charge in [-0.1, -0.05) is 0 Å². The van der Waals surface area contributed by atoms with E-state index in [1.54, 1.807) is 12.1 Å². The number of ether oxygens (including phenoxy) is 1. The number of hydrogen-bond acceptors (Lipinski definition) is 5. The minimum Gasteiger partial charge on any atom is -0.492 e. The lowest BCUT2D eigenvalue weighted by atomic mass is 10.2. The van der Waals surface area contributed by atoms with E-state index in [9.17, 15) is 8.42 Å². The molecule has 1 aliphatic rings. The van der Waals surface area contributed by atoms with Gasteiger partial charge >= 0.3 is 0 Å². The summed E-state index contributed by atoms with van der Waals surface area (Å²) in [6.45, 7) is 6.87. The van der Waals surface area contributed by atoms with Crippen LogP contribution in [0.25, 0.3) is 0 Å². The lowest BCUT2D eigenvalue weighted by Gasteiger charge is -2.38. The Morgan fingerprint density at radius 3 is 2.52 bits per heavy atom. The van der Waals surface area contributed by atoms with Crippen LogP contribution in [0, 0.1) is 0 Å². The van der Waals surface area contributed by atoms with E-state index >= 15 is 0 Å². The number of primary sulfonamides is 1. The number of piperazine rings is 1. The van der Waals surface area contributed by atoms with Crippen molar-refractivity contribution in [2.24, 2.45) is 5.14 Å². The van der Waals surface area contributed by atoms with Crippen LogP contribution in [0.15, 0.2) is 29.2 Å². The summed E-state index contributed by atoms with van der Waals surface area (Å²) in [6.07, 6.45) is 0. The van der Waals surface area contributed by atoms with Crippen LogP contribution < -0.4 is 9.88 Å². The maximum absolute atomic E-state index is 11.2. The van der Waals surface area contributed by atoms with Crippen LogP contribution in [0.1, 0.15) is 6.92 Å². The smallest absolute Gasteiger partial charge is 0.238 e. The van der Waals surface area contributed by atoms with Crippen molar-refractivity contribution in [1.29, 1.82) is 0 Å². The van der Waals surface area contributed by atoms with Crippen LogP contribution in [-0.2, 0) is 10.0 Å². The van der Waals surface area contributed by atoms with Gasteiger partial charge in [-0.15, -0.1) is 0 Å². The fraction of sp³-hybridized carbons (Fsp3) is 0.571. The molecule has 1 unspecified atom stereocenters. The second-order valence-corrected chi connectivity index (χ2v) is 7.07. The normalized spacial score (nSPS) is 21.4. The number of sulfonamides is 1. The zero-order chi connectivity index (χ0) is 15.5. The molecule has 7 heteroatoms. The third kappa shape index (κ3) is 4.67. The van der Waals surface area contributed by atoms with E-state index in [1.165, 1.54) is 12.1 Å². The van der Waals surface area contributed by atoms with Crippen molar-refractivity contribution in [3.05, 3.63) is 24.3 Å². The quantitative estimate of drug-likeness (QED) is 0.849. The second kappa shape index (κ2) is 6.74. The van der Waals surface area contributed by atoms with Gasteiger partial charge in [-0.2, -0.15) is 0 Å². The summed E-state index contributed by atoms with van der Waals surface area (Å²) in [7, 11) is -1.50. The third-order valence-electron chi connectivity index (χ3n) is 3.77. The highest BCUT2D eigenvalue weighted by molar-refractivity contribution is 7.89. The molecule has 0 aliphatic carbocycles. The van der Waals surface area contributed by atoms with Gasteiger partial charge < -0.3 is 9.64 Å². The van der Waals surface area contributed by atoms with Gasteiger partial charge in [-0.3, -0.25) is 4.90 Å². The van der Waals surface area contributed by atoms with Crippen molar-refractivity contribution in [3.63, 3.8) is 0 Å². The fourth-order valence-electron chi connectivity index (χ4n) is 2.52. The molecule has 1 aliphatic heterocycles. The second-order valence-electron chi connectivity index (χ2n) is 5.51. The average Bonchev–Trinajstić information content (AvgIpc) is 2.41. The molecule has 0 radical (unpaired) electrons. The van der Waals surface area contributed by atoms with Crippen LogP contribution in [0.5, 0.6) is 5.75 Å². The van der Waals surface area contributed by atoms with Crippen molar-refractivity contribution >= 4 is 10.0 Å². The van der Waals surface area contributed by atoms with E-state index in [-0.39, 0.29) is 4.90 Å². The zero-order valence-corrected chi connectivity index (χ0v) is 13.3. The standard InChI is InChI=1S/C14H23N3O3S/c1-12-11-16(2)7-8-17(12)9-10-20-13-3-5-14(6-4-13)21(15,18)19/h3-6,12H,7-11H2,1-2H3,(H2,15,18,19). The van der Waals surface area contributed by atoms with Gasteiger partial charge in [0.1, 0.15) is 12.4 Å². The molecule has 118 valence electrons. The largest absolute Gasteiger partial charge is 0.492 e. The highest BCUT2D eigenvalue weighted by atomic mass is 32.2. The maximum Gasteiger partial charge on any atom is 0.238 e. The van der Waals surface area contributed by atoms with Crippen LogP contribution in [-0.4, -0.2) is 64.1 Å². The number of benzene rings is 1. The van der Waals surface area contributed by atoms with Crippen molar-refractivity contribution in [2.75, 3.05) is 39.8 Å². The predicted octanol–water partition coefficient (Wildman–Crippen LogP) is 0.349. The molecule has 0 bridgehead atoms. The monoisotopic (exact) mass is 313 g/mol. The van der Waals surface area contributed by atoms with Gasteiger partial charge in [0.25, 0.3) is 0 Å². The Morgan fingerprint density at radius 2 is 1.95 bits per heavy atom. The van der Waals surface area contributed by atoms with Crippen molar-refractivity contribution in [3.8, 4) is 5.75 Å². The molecule has 1 heterocycles. The summed E-state index contributed by atoms with van der Waals surface area (Å²) < 4.78 is 28.0. The molecule has 1 aromatic rings. The number of rotatable bonds is 5. The maximum atomic E-state index is 11.2. The van der Waals surface area contributed by atoms with Crippen LogP contribution in [0.4, 0.5) is 0 Å². The Bertz CT molecular complexity index is 559. The van der Waals surface area contributed by atoms with Crippen molar-refractivity contribution in [2.45, 2.75) is 17.9 Å². The first kappa shape index (κ1) is 16.2. The lowest BCUT2D eigenvalue weighted by molar-refractivity contribution is 0.0858. The van der Waals surface area contributed by atoms with E-state index in [0.717, 1.165) is 26.2 Å². The molecule has 2 rings (SSSR count). The summed E-state index contributed by atoms with van der Waals surface area (Å²) in [5.74, 6) is 0.657. The molecule has 1 atom stereocenters. The van der Waals surface area contributed by atoms with Gasteiger partial charge in [0.05, 0.1) is 4.90 Å². The molecule has 0 aromatic heterocycles. The summed E-state index contributed by atoms with van der Waals surface area (Å²) in [6, 6.07) is 6.71. The van der Waals surface area contributed by atoms with E-state index in [2.05, 4.69) is 23.8 Å². The predicted molar refractivity (Wildman–Crippen MR) is 81.8 cm³/mol. The third-order valence-corrected chi connectivity index (χ3v) is 4.70. The first-order chi connectivity index (χ1) is 9.86. The van der Waals surface area contributed by atoms with Crippen molar-refractivity contribution < 1.29 is 13.2 Å².